The Labute approximate surface area is 177 Å². The zero-order valence-corrected chi connectivity index (χ0v) is 16.3. The maximum atomic E-state index is 11.2. The first-order valence-electron chi connectivity index (χ1n) is 9.28. The van der Waals surface area contributed by atoms with E-state index in [1.807, 2.05) is 0 Å². The SMILES string of the molecule is C=C(c1ccccc1O)c1nc2ccc([N+](=O)[O-])cc2nc1C(=C)c1ccccc1O. The molecule has 1 heterocycles. The van der Waals surface area contributed by atoms with Crippen LogP contribution in [0.1, 0.15) is 22.5 Å². The smallest absolute Gasteiger partial charge is 0.271 e. The minimum atomic E-state index is -0.506. The lowest BCUT2D eigenvalue weighted by atomic mass is 9.95. The molecule has 0 radical (unpaired) electrons. The van der Waals surface area contributed by atoms with Crippen molar-refractivity contribution >= 4 is 27.9 Å². The minimum Gasteiger partial charge on any atom is -0.507 e. The molecule has 0 aliphatic carbocycles. The van der Waals surface area contributed by atoms with E-state index < -0.39 is 4.92 Å². The second-order valence-electron chi connectivity index (χ2n) is 6.84. The molecule has 0 spiro atoms. The van der Waals surface area contributed by atoms with Crippen molar-refractivity contribution in [1.82, 2.24) is 9.97 Å². The molecule has 4 rings (SSSR count). The third-order valence-electron chi connectivity index (χ3n) is 4.89. The summed E-state index contributed by atoms with van der Waals surface area (Å²) in [7, 11) is 0. The second kappa shape index (κ2) is 7.72. The van der Waals surface area contributed by atoms with E-state index in [-0.39, 0.29) is 17.2 Å². The lowest BCUT2D eigenvalue weighted by molar-refractivity contribution is -0.384. The number of fused-ring (bicyclic) bond motifs is 1. The van der Waals surface area contributed by atoms with E-state index in [1.54, 1.807) is 36.4 Å². The summed E-state index contributed by atoms with van der Waals surface area (Å²) in [6.45, 7) is 8.17. The fourth-order valence-corrected chi connectivity index (χ4v) is 3.29. The van der Waals surface area contributed by atoms with Crippen LogP contribution in [0.25, 0.3) is 22.2 Å². The molecule has 0 fully saturated rings. The van der Waals surface area contributed by atoms with Crippen LogP contribution in [-0.4, -0.2) is 25.1 Å². The van der Waals surface area contributed by atoms with Gasteiger partial charge < -0.3 is 10.2 Å². The number of hydrogen-bond donors (Lipinski definition) is 2. The van der Waals surface area contributed by atoms with Gasteiger partial charge in [-0.3, -0.25) is 10.1 Å². The van der Waals surface area contributed by atoms with E-state index in [0.717, 1.165) is 0 Å². The van der Waals surface area contributed by atoms with Gasteiger partial charge in [0.25, 0.3) is 5.69 Å². The number of benzene rings is 3. The summed E-state index contributed by atoms with van der Waals surface area (Å²) in [5.41, 5.74) is 2.91. The molecular weight excluding hydrogens is 394 g/mol. The Morgan fingerprint density at radius 2 is 1.26 bits per heavy atom. The van der Waals surface area contributed by atoms with Gasteiger partial charge in [-0.25, -0.2) is 9.97 Å². The van der Waals surface area contributed by atoms with Gasteiger partial charge in [0.1, 0.15) is 11.5 Å². The van der Waals surface area contributed by atoms with Crippen molar-refractivity contribution in [3.05, 3.63) is 113 Å². The van der Waals surface area contributed by atoms with Crippen LogP contribution >= 0.6 is 0 Å². The van der Waals surface area contributed by atoms with Gasteiger partial charge in [0.2, 0.25) is 0 Å². The molecule has 152 valence electrons. The molecule has 1 aromatic heterocycles. The lowest BCUT2D eigenvalue weighted by Crippen LogP contribution is -2.03. The Hall–Kier alpha value is -4.52. The van der Waals surface area contributed by atoms with Crippen molar-refractivity contribution in [1.29, 1.82) is 0 Å². The van der Waals surface area contributed by atoms with E-state index in [2.05, 4.69) is 23.1 Å². The zero-order valence-electron chi connectivity index (χ0n) is 16.3. The Bertz CT molecular complexity index is 1380. The van der Waals surface area contributed by atoms with E-state index in [1.165, 1.54) is 30.3 Å². The Kier molecular flexibility index (Phi) is 4.92. The summed E-state index contributed by atoms with van der Waals surface area (Å²) in [5, 5.41) is 31.8. The number of phenols is 2. The topological polar surface area (TPSA) is 109 Å². The van der Waals surface area contributed by atoms with E-state index in [0.29, 0.717) is 44.7 Å². The van der Waals surface area contributed by atoms with Crippen LogP contribution in [-0.2, 0) is 0 Å². The molecule has 0 unspecified atom stereocenters. The molecule has 31 heavy (non-hydrogen) atoms. The summed E-state index contributed by atoms with van der Waals surface area (Å²) in [4.78, 5) is 19.9. The average molecular weight is 411 g/mol. The second-order valence-corrected chi connectivity index (χ2v) is 6.84. The maximum Gasteiger partial charge on any atom is 0.271 e. The monoisotopic (exact) mass is 411 g/mol. The van der Waals surface area contributed by atoms with Crippen molar-refractivity contribution in [2.75, 3.05) is 0 Å². The highest BCUT2D eigenvalue weighted by atomic mass is 16.6. The van der Waals surface area contributed by atoms with Gasteiger partial charge in [-0.15, -0.1) is 0 Å². The van der Waals surface area contributed by atoms with Crippen LogP contribution in [0, 0.1) is 10.1 Å². The molecule has 0 aliphatic heterocycles. The number of aromatic hydroxyl groups is 2. The maximum absolute atomic E-state index is 11.2. The fraction of sp³-hybridized carbons (Fsp3) is 0. The summed E-state index contributed by atoms with van der Waals surface area (Å²) in [6, 6.07) is 17.5. The highest BCUT2D eigenvalue weighted by Gasteiger charge is 2.20. The Balaban J connectivity index is 1.98. The van der Waals surface area contributed by atoms with Crippen molar-refractivity contribution in [3.8, 4) is 11.5 Å². The predicted molar refractivity (Wildman–Crippen MR) is 119 cm³/mol. The first kappa shape index (κ1) is 19.8. The lowest BCUT2D eigenvalue weighted by Gasteiger charge is -2.15. The molecule has 0 aliphatic rings. The number of nitro groups is 1. The predicted octanol–water partition coefficient (Wildman–Crippen LogP) is 5.07. The highest BCUT2D eigenvalue weighted by Crippen LogP contribution is 2.36. The minimum absolute atomic E-state index is 0.00700. The number of nitro benzene ring substituents is 1. The number of aromatic nitrogens is 2. The molecule has 7 heteroatoms. The van der Waals surface area contributed by atoms with Crippen LogP contribution in [0.5, 0.6) is 11.5 Å². The molecule has 7 nitrogen and oxygen atoms in total. The van der Waals surface area contributed by atoms with Crippen LogP contribution < -0.4 is 0 Å². The van der Waals surface area contributed by atoms with Gasteiger partial charge >= 0.3 is 0 Å². The summed E-state index contributed by atoms with van der Waals surface area (Å²) in [6.07, 6.45) is 0. The standard InChI is InChI=1S/C24H17N3O4/c1-14(17-7-3-5-9-21(17)28)23-24(15(2)18-8-4-6-10-22(18)29)26-20-13-16(27(30)31)11-12-19(20)25-23/h3-13,28-29H,1-2H2. The van der Waals surface area contributed by atoms with Crippen LogP contribution in [0.4, 0.5) is 5.69 Å². The van der Waals surface area contributed by atoms with Gasteiger partial charge in [-0.2, -0.15) is 0 Å². The van der Waals surface area contributed by atoms with Gasteiger partial charge in [0.15, 0.2) is 0 Å². The number of rotatable bonds is 5. The molecule has 4 aromatic rings. The quantitative estimate of drug-likeness (QED) is 0.350. The summed E-state index contributed by atoms with van der Waals surface area (Å²) >= 11 is 0. The average Bonchev–Trinajstić information content (AvgIpc) is 2.77. The van der Waals surface area contributed by atoms with Crippen molar-refractivity contribution in [2.45, 2.75) is 0 Å². The van der Waals surface area contributed by atoms with E-state index in [9.17, 15) is 20.3 Å². The number of hydrogen-bond acceptors (Lipinski definition) is 6. The van der Waals surface area contributed by atoms with Crippen molar-refractivity contribution in [3.63, 3.8) is 0 Å². The zero-order chi connectivity index (χ0) is 22.1. The van der Waals surface area contributed by atoms with Gasteiger partial charge in [-0.1, -0.05) is 49.6 Å². The van der Waals surface area contributed by atoms with E-state index in [4.69, 9.17) is 0 Å². The molecule has 0 saturated heterocycles. The normalized spacial score (nSPS) is 10.7. The first-order valence-corrected chi connectivity index (χ1v) is 9.28. The molecular formula is C24H17N3O4. The van der Waals surface area contributed by atoms with Gasteiger partial charge in [0, 0.05) is 34.4 Å². The van der Waals surface area contributed by atoms with Crippen LogP contribution in [0.15, 0.2) is 79.9 Å². The largest absolute Gasteiger partial charge is 0.507 e. The van der Waals surface area contributed by atoms with Crippen LogP contribution in [0.2, 0.25) is 0 Å². The fourth-order valence-electron chi connectivity index (χ4n) is 3.29. The first-order chi connectivity index (χ1) is 14.9. The summed E-state index contributed by atoms with van der Waals surface area (Å²) < 4.78 is 0. The van der Waals surface area contributed by atoms with Crippen molar-refractivity contribution < 1.29 is 15.1 Å². The number of phenolic OH excluding ortho intramolecular Hbond substituents is 2. The molecule has 0 bridgehead atoms. The Morgan fingerprint density at radius 1 is 0.774 bits per heavy atom. The molecule has 2 N–H and O–H groups in total. The van der Waals surface area contributed by atoms with Gasteiger partial charge in [0.05, 0.1) is 27.3 Å². The molecule has 0 amide bonds. The number of non-ortho nitro benzene ring substituents is 1. The van der Waals surface area contributed by atoms with Gasteiger partial charge in [-0.05, 0) is 18.2 Å². The molecule has 3 aromatic carbocycles. The third-order valence-corrected chi connectivity index (χ3v) is 4.89. The molecule has 0 saturated carbocycles. The Morgan fingerprint density at radius 3 is 1.74 bits per heavy atom. The number of para-hydroxylation sites is 2. The van der Waals surface area contributed by atoms with Crippen LogP contribution in [0.3, 0.4) is 0 Å². The third kappa shape index (κ3) is 3.60. The highest BCUT2D eigenvalue weighted by molar-refractivity contribution is 5.92. The number of nitrogens with zero attached hydrogens (tertiary/aromatic N) is 3. The van der Waals surface area contributed by atoms with E-state index >= 15 is 0 Å². The van der Waals surface area contributed by atoms with Crippen molar-refractivity contribution in [2.24, 2.45) is 0 Å². The molecule has 0 atom stereocenters. The summed E-state index contributed by atoms with van der Waals surface area (Å²) in [5.74, 6) is 0.0322.